The van der Waals surface area contributed by atoms with Gasteiger partial charge in [0.2, 0.25) is 5.91 Å². The Morgan fingerprint density at radius 2 is 1.05 bits per heavy atom. The van der Waals surface area contributed by atoms with E-state index in [1.807, 2.05) is 25.1 Å². The van der Waals surface area contributed by atoms with Crippen molar-refractivity contribution in [2.24, 2.45) is 43.3 Å². The van der Waals surface area contributed by atoms with Crippen LogP contribution < -0.4 is 0 Å². The summed E-state index contributed by atoms with van der Waals surface area (Å²) in [7, 11) is 5.77. The van der Waals surface area contributed by atoms with Crippen LogP contribution in [0.2, 0.25) is 0 Å². The van der Waals surface area contributed by atoms with E-state index in [9.17, 15) is 18.5 Å². The van der Waals surface area contributed by atoms with E-state index < -0.39 is 9.52 Å². The highest BCUT2D eigenvalue weighted by Gasteiger charge is 2.19. The van der Waals surface area contributed by atoms with E-state index in [2.05, 4.69) is 220 Å². The molecule has 0 aliphatic rings. The number of amides is 1. The molecule has 0 saturated heterocycles. The highest BCUT2D eigenvalue weighted by molar-refractivity contribution is 7.99. The fourth-order valence-corrected chi connectivity index (χ4v) is 8.08. The molecule has 84 heavy (non-hydrogen) atoms. The van der Waals surface area contributed by atoms with E-state index in [1.54, 1.807) is 49.9 Å². The van der Waals surface area contributed by atoms with E-state index in [-0.39, 0.29) is 46.1 Å². The van der Waals surface area contributed by atoms with Gasteiger partial charge in [0.15, 0.2) is 0 Å². The Morgan fingerprint density at radius 3 is 1.33 bits per heavy atom. The van der Waals surface area contributed by atoms with Gasteiger partial charge in [0.1, 0.15) is 17.3 Å². The third-order valence-electron chi connectivity index (χ3n) is 11.8. The lowest BCUT2D eigenvalue weighted by molar-refractivity contribution is -0.130. The molecule has 0 bridgehead atoms. The summed E-state index contributed by atoms with van der Waals surface area (Å²) in [6.07, 6.45) is 20.6. The number of aliphatic hydroxyl groups excluding tert-OH is 1. The van der Waals surface area contributed by atoms with Crippen LogP contribution in [-0.4, -0.2) is 130 Å². The standard InChI is InChI=1S/C11H16FNO.C11H18N2.C10H23N.C9H21NO.C8H17NO.C8H18OS.C8H18.C7H16/c1-11(2,3)8-14-7-10-9(12)5-4-6-13-10;1-11(2,3)7-4-6-10-12-8-5-9-13-10;1-6-11(7-2)9-8-10(3,4)5;1-9(2,3)6-8(11)7-10(4)5;1-8(2,3)6-7(10)9(4)5;1-8(2,3)6-7-10(4,5)9;1-5-6-7-8(2,3)4;1-5-6-7(2,3)4/h4-6H,7-8H2,1-3H3;5,8-9H,4,6-7H2,1-3H3;6-9H2,1-5H3;8,11H,6-7H2,1-5H3;6H2,1-5H3;4,6-7H2,1-3,5H3;5-7H2,1-4H3;5-6H2,1-4H3. The smallest absolute Gasteiger partial charge is 0.222 e. The topological polar surface area (TPSA) is 112 Å². The molecule has 2 heterocycles. The second-order valence-corrected chi connectivity index (χ2v) is 36.1. The number of hydrogen-bond donors (Lipinski definition) is 1. The summed E-state index contributed by atoms with van der Waals surface area (Å²) in [4.78, 5) is 29.5. The quantitative estimate of drug-likeness (QED) is 0.137. The normalized spacial score (nSPS) is 13.1. The Balaban J connectivity index is -0.000000209. The van der Waals surface area contributed by atoms with Gasteiger partial charge >= 0.3 is 0 Å². The third kappa shape index (κ3) is 88.3. The fourth-order valence-electron chi connectivity index (χ4n) is 7.03. The SMILES string of the molecule is C=S(C)(=O)CCC(C)(C)C.CC(C)(C)CCCc1ncccn1.CC(C)(C)COCc1ncccc1F.CCCC(C)(C)C.CCCCC(C)(C)C.CCN(CC)CCC(C)(C)C.CN(C)C(=O)CC(C)(C)C.CN(C)CC(O)CC(C)(C)C. The Morgan fingerprint density at radius 1 is 0.607 bits per heavy atom. The second kappa shape index (κ2) is 46.6. The zero-order chi connectivity index (χ0) is 67.6. The maximum absolute atomic E-state index is 13.1. The van der Waals surface area contributed by atoms with Crippen molar-refractivity contribution in [3.63, 3.8) is 0 Å². The summed E-state index contributed by atoms with van der Waals surface area (Å²) >= 11 is 0. The number of ether oxygens (including phenoxy) is 1. The first-order chi connectivity index (χ1) is 37.5. The first-order valence-electron chi connectivity index (χ1n) is 32.0. The summed E-state index contributed by atoms with van der Waals surface area (Å²) in [6.45, 7) is 66.8. The van der Waals surface area contributed by atoms with Crippen molar-refractivity contribution in [1.29, 1.82) is 0 Å². The highest BCUT2D eigenvalue weighted by atomic mass is 32.2. The molecular formula is C72H147FN6O4S. The number of aromatic nitrogens is 3. The van der Waals surface area contributed by atoms with Crippen LogP contribution in [0.1, 0.15) is 276 Å². The summed E-state index contributed by atoms with van der Waals surface area (Å²) in [5, 5.41) is 9.51. The zero-order valence-electron chi connectivity index (χ0n) is 62.3. The molecule has 502 valence electrons. The molecule has 2 aromatic rings. The van der Waals surface area contributed by atoms with E-state index in [0.29, 0.717) is 40.4 Å². The van der Waals surface area contributed by atoms with E-state index in [4.69, 9.17) is 4.74 Å². The number of hydrogen-bond acceptors (Lipinski definition) is 9. The Hall–Kier alpha value is -2.51. The number of aryl methyl sites for hydroxylation is 1. The van der Waals surface area contributed by atoms with E-state index in [1.165, 1.54) is 77.1 Å². The van der Waals surface area contributed by atoms with Gasteiger partial charge in [0.05, 0.1) is 19.3 Å². The Bertz CT molecular complexity index is 1930. The van der Waals surface area contributed by atoms with Gasteiger partial charge in [-0.2, -0.15) is 0 Å². The number of carbonyl (C=O) groups excluding carboxylic acids is 1. The molecule has 2 rings (SSSR count). The average Bonchev–Trinajstić information content (AvgIpc) is 3.27. The van der Waals surface area contributed by atoms with E-state index >= 15 is 0 Å². The van der Waals surface area contributed by atoms with Gasteiger partial charge in [-0.1, -0.05) is 213 Å². The van der Waals surface area contributed by atoms with Crippen molar-refractivity contribution in [2.75, 3.05) is 73.0 Å². The van der Waals surface area contributed by atoms with Gasteiger partial charge in [-0.15, -0.1) is 0 Å². The number of unbranched alkanes of at least 4 members (excludes halogenated alkanes) is 1. The van der Waals surface area contributed by atoms with Crippen LogP contribution in [0, 0.1) is 49.1 Å². The molecule has 0 aromatic carbocycles. The number of pyridine rings is 1. The van der Waals surface area contributed by atoms with Crippen molar-refractivity contribution in [3.05, 3.63) is 54.1 Å². The summed E-state index contributed by atoms with van der Waals surface area (Å²) in [5.41, 5.74) is 3.12. The largest absolute Gasteiger partial charge is 0.392 e. The molecular weight excluding hydrogens is 1060 g/mol. The van der Waals surface area contributed by atoms with Crippen LogP contribution in [0.4, 0.5) is 4.39 Å². The van der Waals surface area contributed by atoms with Crippen LogP contribution in [0.15, 0.2) is 36.8 Å². The van der Waals surface area contributed by atoms with Crippen LogP contribution in [-0.2, 0) is 32.1 Å². The van der Waals surface area contributed by atoms with Gasteiger partial charge in [-0.25, -0.2) is 14.4 Å². The monoisotopic (exact) mass is 1210 g/mol. The van der Waals surface area contributed by atoms with Gasteiger partial charge in [-0.3, -0.25) is 14.0 Å². The van der Waals surface area contributed by atoms with Crippen molar-refractivity contribution in [2.45, 2.75) is 284 Å². The van der Waals surface area contributed by atoms with Crippen molar-refractivity contribution >= 4 is 21.3 Å². The first-order valence-corrected chi connectivity index (χ1v) is 34.3. The number of likely N-dealkylation sites (N-methyl/N-ethyl adjacent to an activating group) is 1. The van der Waals surface area contributed by atoms with Crippen LogP contribution >= 0.6 is 0 Å². The van der Waals surface area contributed by atoms with Crippen LogP contribution in [0.5, 0.6) is 0 Å². The van der Waals surface area contributed by atoms with Gasteiger partial charge in [-0.05, 0) is 156 Å². The summed E-state index contributed by atoms with van der Waals surface area (Å²) in [5.74, 6) is 5.21. The number of rotatable bonds is 19. The molecule has 0 aliphatic heterocycles. The minimum atomic E-state index is -1.76. The van der Waals surface area contributed by atoms with Gasteiger partial charge < -0.3 is 24.5 Å². The van der Waals surface area contributed by atoms with Gasteiger partial charge in [0.25, 0.3) is 0 Å². The van der Waals surface area contributed by atoms with Crippen molar-refractivity contribution in [3.8, 4) is 0 Å². The fraction of sp³-hybridized carbons (Fsp3) is 0.847. The molecule has 1 amide bonds. The van der Waals surface area contributed by atoms with E-state index in [0.717, 1.165) is 37.4 Å². The molecule has 0 radical (unpaired) electrons. The number of carbonyl (C=O) groups is 1. The predicted octanol–water partition coefficient (Wildman–Crippen LogP) is 19.1. The molecule has 2 atom stereocenters. The van der Waals surface area contributed by atoms with Crippen LogP contribution in [0.3, 0.4) is 0 Å². The average molecular weight is 1210 g/mol. The third-order valence-corrected chi connectivity index (χ3v) is 12.9. The molecule has 0 aliphatic carbocycles. The molecule has 10 nitrogen and oxygen atoms in total. The lowest BCUT2D eigenvalue weighted by Crippen LogP contribution is -2.29. The molecule has 0 fully saturated rings. The summed E-state index contributed by atoms with van der Waals surface area (Å²) < 4.78 is 29.6. The molecule has 1 N–H and O–H groups in total. The highest BCUT2D eigenvalue weighted by Crippen LogP contribution is 2.24. The number of halogens is 1. The van der Waals surface area contributed by atoms with Crippen molar-refractivity contribution in [1.82, 2.24) is 29.7 Å². The minimum Gasteiger partial charge on any atom is -0.392 e. The van der Waals surface area contributed by atoms with Crippen LogP contribution in [0.25, 0.3) is 0 Å². The summed E-state index contributed by atoms with van der Waals surface area (Å²) in [6, 6.07) is 4.82. The molecule has 2 aromatic heterocycles. The van der Waals surface area contributed by atoms with Gasteiger partial charge in [0, 0.05) is 64.1 Å². The zero-order valence-corrected chi connectivity index (χ0v) is 63.1. The first kappa shape index (κ1) is 92.6. The molecule has 12 heteroatoms. The lowest BCUT2D eigenvalue weighted by atomic mass is 9.89. The Kier molecular flexibility index (Phi) is 51.4. The molecule has 0 saturated carbocycles. The maximum Gasteiger partial charge on any atom is 0.222 e. The maximum atomic E-state index is 13.1. The molecule has 2 unspecified atom stereocenters. The molecule has 0 spiro atoms. The Labute approximate surface area is 525 Å². The second-order valence-electron chi connectivity index (χ2n) is 33.3. The predicted molar refractivity (Wildman–Crippen MR) is 374 cm³/mol. The number of aliphatic hydroxyl groups is 1. The lowest BCUT2D eigenvalue weighted by Gasteiger charge is -2.24. The van der Waals surface area contributed by atoms with Crippen molar-refractivity contribution < 1.29 is 23.2 Å². The minimum absolute atomic E-state index is 0.102. The number of nitrogens with zero attached hydrogens (tertiary/aromatic N) is 6.